The molecule has 0 aliphatic carbocycles. The molecule has 0 aromatic rings. The Balaban J connectivity index is 0.000000220. The SMILES string of the molecule is CC(C)(C)C(=O)C1CCCN1.CC(C)(C)C(=O)C1CCCO1. The topological polar surface area (TPSA) is 55.4 Å². The molecule has 4 heteroatoms. The van der Waals surface area contributed by atoms with Gasteiger partial charge in [0.05, 0.1) is 6.04 Å². The van der Waals surface area contributed by atoms with Gasteiger partial charge in [0.2, 0.25) is 0 Å². The highest BCUT2D eigenvalue weighted by Gasteiger charge is 2.32. The Morgan fingerprint density at radius 1 is 0.909 bits per heavy atom. The molecule has 22 heavy (non-hydrogen) atoms. The van der Waals surface area contributed by atoms with E-state index >= 15 is 0 Å². The van der Waals surface area contributed by atoms with Gasteiger partial charge in [0.25, 0.3) is 0 Å². The van der Waals surface area contributed by atoms with Crippen LogP contribution in [0.3, 0.4) is 0 Å². The molecule has 2 rings (SSSR count). The number of Topliss-reactive ketones (excluding diaryl/α,β-unsaturated/α-hetero) is 2. The van der Waals surface area contributed by atoms with E-state index in [-0.39, 0.29) is 28.8 Å². The Hall–Kier alpha value is -0.740. The van der Waals surface area contributed by atoms with Gasteiger partial charge in [-0.2, -0.15) is 0 Å². The van der Waals surface area contributed by atoms with Crippen LogP contribution in [-0.4, -0.2) is 36.9 Å². The van der Waals surface area contributed by atoms with Crippen molar-refractivity contribution in [1.82, 2.24) is 5.32 Å². The zero-order valence-electron chi connectivity index (χ0n) is 15.1. The van der Waals surface area contributed by atoms with Crippen LogP contribution in [0.25, 0.3) is 0 Å². The number of rotatable bonds is 2. The van der Waals surface area contributed by atoms with Gasteiger partial charge in [0, 0.05) is 17.4 Å². The molecule has 2 atom stereocenters. The van der Waals surface area contributed by atoms with Crippen molar-refractivity contribution < 1.29 is 14.3 Å². The third-order valence-electron chi connectivity index (χ3n) is 4.08. The Morgan fingerprint density at radius 3 is 1.86 bits per heavy atom. The molecular formula is C18H33NO3. The molecule has 2 aliphatic heterocycles. The van der Waals surface area contributed by atoms with Gasteiger partial charge in [-0.25, -0.2) is 0 Å². The fourth-order valence-electron chi connectivity index (χ4n) is 2.70. The maximum Gasteiger partial charge on any atom is 0.166 e. The molecule has 0 radical (unpaired) electrons. The number of hydrogen-bond acceptors (Lipinski definition) is 4. The Bertz CT molecular complexity index is 340. The molecule has 0 amide bonds. The van der Waals surface area contributed by atoms with Crippen LogP contribution in [-0.2, 0) is 14.3 Å². The Kier molecular flexibility index (Phi) is 6.75. The Labute approximate surface area is 135 Å². The molecule has 0 aromatic carbocycles. The summed E-state index contributed by atoms with van der Waals surface area (Å²) >= 11 is 0. The minimum Gasteiger partial charge on any atom is -0.370 e. The monoisotopic (exact) mass is 311 g/mol. The predicted octanol–water partition coefficient (Wildman–Crippen LogP) is 3.13. The van der Waals surface area contributed by atoms with Crippen LogP contribution >= 0.6 is 0 Å². The molecular weight excluding hydrogens is 278 g/mol. The van der Waals surface area contributed by atoms with Crippen LogP contribution in [0.5, 0.6) is 0 Å². The minimum absolute atomic E-state index is 0.116. The van der Waals surface area contributed by atoms with Gasteiger partial charge in [-0.15, -0.1) is 0 Å². The molecule has 2 fully saturated rings. The largest absolute Gasteiger partial charge is 0.370 e. The molecule has 2 heterocycles. The van der Waals surface area contributed by atoms with Crippen molar-refractivity contribution in [1.29, 1.82) is 0 Å². The van der Waals surface area contributed by atoms with E-state index in [1.807, 2.05) is 41.5 Å². The van der Waals surface area contributed by atoms with Gasteiger partial charge >= 0.3 is 0 Å². The lowest BCUT2D eigenvalue weighted by Crippen LogP contribution is -2.38. The van der Waals surface area contributed by atoms with Crippen molar-refractivity contribution in [2.45, 2.75) is 79.4 Å². The summed E-state index contributed by atoms with van der Waals surface area (Å²) in [7, 11) is 0. The first kappa shape index (κ1) is 19.3. The fourth-order valence-corrected chi connectivity index (χ4v) is 2.70. The number of carbonyl (C=O) groups excluding carboxylic acids is 2. The van der Waals surface area contributed by atoms with Gasteiger partial charge in [0.15, 0.2) is 11.6 Å². The normalized spacial score (nSPS) is 25.5. The van der Waals surface area contributed by atoms with Crippen molar-refractivity contribution in [3.8, 4) is 0 Å². The number of hydrogen-bond donors (Lipinski definition) is 1. The molecule has 0 aromatic heterocycles. The summed E-state index contributed by atoms with van der Waals surface area (Å²) in [5.74, 6) is 0.602. The van der Waals surface area contributed by atoms with Crippen molar-refractivity contribution in [2.24, 2.45) is 10.8 Å². The predicted molar refractivity (Wildman–Crippen MR) is 88.9 cm³/mol. The summed E-state index contributed by atoms with van der Waals surface area (Å²) in [4.78, 5) is 23.1. The highest BCUT2D eigenvalue weighted by Crippen LogP contribution is 2.24. The second-order valence-electron chi connectivity index (χ2n) is 8.38. The van der Waals surface area contributed by atoms with Crippen LogP contribution in [0, 0.1) is 10.8 Å². The molecule has 128 valence electrons. The molecule has 0 bridgehead atoms. The van der Waals surface area contributed by atoms with Gasteiger partial charge in [0.1, 0.15) is 6.10 Å². The number of nitrogens with one attached hydrogen (secondary N) is 1. The van der Waals surface area contributed by atoms with Crippen molar-refractivity contribution >= 4 is 11.6 Å². The van der Waals surface area contributed by atoms with Crippen molar-refractivity contribution in [3.63, 3.8) is 0 Å². The van der Waals surface area contributed by atoms with Crippen LogP contribution in [0.4, 0.5) is 0 Å². The van der Waals surface area contributed by atoms with E-state index in [4.69, 9.17) is 4.74 Å². The van der Waals surface area contributed by atoms with Gasteiger partial charge in [-0.1, -0.05) is 41.5 Å². The first-order valence-electron chi connectivity index (χ1n) is 8.47. The summed E-state index contributed by atoms with van der Waals surface area (Å²) in [6.07, 6.45) is 4.00. The minimum atomic E-state index is -0.241. The molecule has 0 saturated carbocycles. The maximum atomic E-state index is 11.6. The fraction of sp³-hybridized carbons (Fsp3) is 0.889. The van der Waals surface area contributed by atoms with Crippen molar-refractivity contribution in [3.05, 3.63) is 0 Å². The zero-order valence-corrected chi connectivity index (χ0v) is 15.1. The first-order chi connectivity index (χ1) is 10.0. The van der Waals surface area contributed by atoms with Gasteiger partial charge in [-0.05, 0) is 32.2 Å². The van der Waals surface area contributed by atoms with E-state index in [0.717, 1.165) is 38.8 Å². The van der Waals surface area contributed by atoms with Crippen LogP contribution in [0.2, 0.25) is 0 Å². The van der Waals surface area contributed by atoms with E-state index in [2.05, 4.69) is 5.32 Å². The van der Waals surface area contributed by atoms with E-state index in [9.17, 15) is 9.59 Å². The summed E-state index contributed by atoms with van der Waals surface area (Å²) in [6.45, 7) is 13.5. The molecule has 2 saturated heterocycles. The summed E-state index contributed by atoms with van der Waals surface area (Å²) in [5.41, 5.74) is -0.420. The van der Waals surface area contributed by atoms with Crippen molar-refractivity contribution in [2.75, 3.05) is 13.2 Å². The maximum absolute atomic E-state index is 11.6. The van der Waals surface area contributed by atoms with E-state index in [1.54, 1.807) is 0 Å². The molecule has 0 spiro atoms. The van der Waals surface area contributed by atoms with Crippen LogP contribution in [0.1, 0.15) is 67.2 Å². The quantitative estimate of drug-likeness (QED) is 0.851. The summed E-state index contributed by atoms with van der Waals surface area (Å²) in [6, 6.07) is 0.134. The average molecular weight is 311 g/mol. The Morgan fingerprint density at radius 2 is 1.50 bits per heavy atom. The molecule has 1 N–H and O–H groups in total. The number of carbonyl (C=O) groups is 2. The average Bonchev–Trinajstić information content (AvgIpc) is 3.08. The highest BCUT2D eigenvalue weighted by atomic mass is 16.5. The lowest BCUT2D eigenvalue weighted by Gasteiger charge is -2.21. The van der Waals surface area contributed by atoms with Gasteiger partial charge in [-0.3, -0.25) is 9.59 Å². The summed E-state index contributed by atoms with van der Waals surface area (Å²) < 4.78 is 5.29. The van der Waals surface area contributed by atoms with E-state index in [1.165, 1.54) is 0 Å². The smallest absolute Gasteiger partial charge is 0.166 e. The number of ether oxygens (including phenoxy) is 1. The number of ketones is 2. The lowest BCUT2D eigenvalue weighted by molar-refractivity contribution is -0.135. The molecule has 2 unspecified atom stereocenters. The summed E-state index contributed by atoms with van der Waals surface area (Å²) in [5, 5.41) is 3.21. The highest BCUT2D eigenvalue weighted by molar-refractivity contribution is 5.89. The second-order valence-corrected chi connectivity index (χ2v) is 8.38. The van der Waals surface area contributed by atoms with Crippen LogP contribution in [0.15, 0.2) is 0 Å². The zero-order chi connectivity index (χ0) is 17.0. The third-order valence-corrected chi connectivity index (χ3v) is 4.08. The standard InChI is InChI=1S/C9H17NO.C9H16O2/c1-9(2,3)8(11)7-5-4-6-10-7;1-9(2,3)8(10)7-5-4-6-11-7/h7,10H,4-6H2,1-3H3;7H,4-6H2,1-3H3. The second kappa shape index (κ2) is 7.69. The van der Waals surface area contributed by atoms with E-state index in [0.29, 0.717) is 5.78 Å². The third kappa shape index (κ3) is 5.81. The molecule has 2 aliphatic rings. The molecule has 4 nitrogen and oxygen atoms in total. The first-order valence-corrected chi connectivity index (χ1v) is 8.47. The lowest BCUT2D eigenvalue weighted by atomic mass is 9.86. The van der Waals surface area contributed by atoms with Gasteiger partial charge < -0.3 is 10.1 Å². The van der Waals surface area contributed by atoms with E-state index < -0.39 is 0 Å². The van der Waals surface area contributed by atoms with Crippen LogP contribution < -0.4 is 5.32 Å².